The summed E-state index contributed by atoms with van der Waals surface area (Å²) in [5.41, 5.74) is 1.21. The number of hydrogen-bond acceptors (Lipinski definition) is 4. The number of thiophene rings is 1. The third kappa shape index (κ3) is 5.13. The Morgan fingerprint density at radius 1 is 1.08 bits per heavy atom. The molecule has 0 aliphatic rings. The van der Waals surface area contributed by atoms with Gasteiger partial charge in [0, 0.05) is 44.7 Å². The van der Waals surface area contributed by atoms with Gasteiger partial charge in [-0.3, -0.25) is 9.59 Å². The van der Waals surface area contributed by atoms with Gasteiger partial charge in [-0.05, 0) is 17.0 Å². The van der Waals surface area contributed by atoms with E-state index in [0.717, 1.165) is 12.4 Å². The minimum atomic E-state index is -0.101. The minimum Gasteiger partial charge on any atom is -0.356 e. The van der Waals surface area contributed by atoms with Gasteiger partial charge < -0.3 is 9.88 Å². The molecule has 0 aliphatic carbocycles. The number of nitrogens with zero attached hydrogens (tertiary/aromatic N) is 2. The lowest BCUT2D eigenvalue weighted by Crippen LogP contribution is -2.26. The highest BCUT2D eigenvalue weighted by atomic mass is 32.1. The largest absolute Gasteiger partial charge is 0.356 e. The Labute approximate surface area is 156 Å². The lowest BCUT2D eigenvalue weighted by Gasteiger charge is -2.09. The third-order valence-corrected chi connectivity index (χ3v) is 4.95. The highest BCUT2D eigenvalue weighted by Crippen LogP contribution is 2.12. The van der Waals surface area contributed by atoms with Crippen molar-refractivity contribution in [3.8, 4) is 0 Å². The number of rotatable bonds is 9. The number of hydrogen-bond donors (Lipinski definition) is 1. The van der Waals surface area contributed by atoms with Crippen LogP contribution in [0.3, 0.4) is 0 Å². The molecule has 0 spiro atoms. The van der Waals surface area contributed by atoms with Crippen LogP contribution < -0.4 is 5.32 Å². The van der Waals surface area contributed by atoms with Crippen molar-refractivity contribution >= 4 is 23.0 Å². The second kappa shape index (κ2) is 9.10. The fourth-order valence-electron chi connectivity index (χ4n) is 2.68. The van der Waals surface area contributed by atoms with E-state index in [1.165, 1.54) is 16.9 Å². The molecule has 5 nitrogen and oxygen atoms in total. The van der Waals surface area contributed by atoms with Crippen molar-refractivity contribution in [2.45, 2.75) is 25.8 Å². The van der Waals surface area contributed by atoms with E-state index in [1.54, 1.807) is 12.3 Å². The first-order valence-electron chi connectivity index (χ1n) is 8.60. The predicted molar refractivity (Wildman–Crippen MR) is 102 cm³/mol. The molecule has 6 heteroatoms. The summed E-state index contributed by atoms with van der Waals surface area (Å²) in [4.78, 5) is 28.9. The monoisotopic (exact) mass is 367 g/mol. The summed E-state index contributed by atoms with van der Waals surface area (Å²) in [6.45, 7) is 1.28. The van der Waals surface area contributed by atoms with Crippen LogP contribution in [0.5, 0.6) is 0 Å². The lowest BCUT2D eigenvalue weighted by atomic mass is 10.2. The van der Waals surface area contributed by atoms with Gasteiger partial charge in [0.25, 0.3) is 0 Å². The molecule has 26 heavy (non-hydrogen) atoms. The van der Waals surface area contributed by atoms with Crippen LogP contribution in [0, 0.1) is 0 Å². The van der Waals surface area contributed by atoms with Crippen LogP contribution in [0.25, 0.3) is 0 Å². The summed E-state index contributed by atoms with van der Waals surface area (Å²) in [6.07, 6.45) is 4.85. The van der Waals surface area contributed by atoms with E-state index in [0.29, 0.717) is 17.8 Å². The van der Waals surface area contributed by atoms with E-state index in [4.69, 9.17) is 0 Å². The van der Waals surface area contributed by atoms with Gasteiger partial charge in [0.1, 0.15) is 5.82 Å². The Morgan fingerprint density at radius 3 is 2.69 bits per heavy atom. The molecule has 0 bridgehead atoms. The Bertz CT molecular complexity index is 841. The first-order chi connectivity index (χ1) is 12.7. The van der Waals surface area contributed by atoms with Crippen molar-refractivity contribution in [3.63, 3.8) is 0 Å². The average molecular weight is 367 g/mol. The maximum absolute atomic E-state index is 11.9. The number of nitrogens with one attached hydrogen (secondary N) is 1. The molecule has 0 atom stereocenters. The average Bonchev–Trinajstić information content (AvgIpc) is 3.33. The van der Waals surface area contributed by atoms with Crippen LogP contribution in [0.2, 0.25) is 0 Å². The number of carbonyl (C=O) groups is 2. The zero-order valence-electron chi connectivity index (χ0n) is 14.4. The van der Waals surface area contributed by atoms with Crippen LogP contribution in [0.1, 0.15) is 33.9 Å². The SMILES string of the molecule is O=C(CCC(=O)c1cccs1)NCCc1nccn1Cc1ccccc1. The molecule has 1 amide bonds. The van der Waals surface area contributed by atoms with Crippen molar-refractivity contribution in [1.82, 2.24) is 14.9 Å². The van der Waals surface area contributed by atoms with Gasteiger partial charge in [0.15, 0.2) is 5.78 Å². The standard InChI is InChI=1S/C20H21N3O2S/c24-17(18-7-4-14-26-18)8-9-20(25)22-11-10-19-21-12-13-23(19)15-16-5-2-1-3-6-16/h1-7,12-14H,8-11,15H2,(H,22,25). The van der Waals surface area contributed by atoms with Crippen molar-refractivity contribution < 1.29 is 9.59 Å². The van der Waals surface area contributed by atoms with E-state index >= 15 is 0 Å². The number of Topliss-reactive ketones (excluding diaryl/α,β-unsaturated/α-hetero) is 1. The fraction of sp³-hybridized carbons (Fsp3) is 0.250. The third-order valence-electron chi connectivity index (χ3n) is 4.04. The first-order valence-corrected chi connectivity index (χ1v) is 9.47. The van der Waals surface area contributed by atoms with E-state index < -0.39 is 0 Å². The smallest absolute Gasteiger partial charge is 0.220 e. The fourth-order valence-corrected chi connectivity index (χ4v) is 3.38. The molecular formula is C20H21N3O2S. The van der Waals surface area contributed by atoms with Gasteiger partial charge in [-0.15, -0.1) is 11.3 Å². The summed E-state index contributed by atoms with van der Waals surface area (Å²) >= 11 is 1.41. The minimum absolute atomic E-state index is 0.0218. The molecule has 134 valence electrons. The number of carbonyl (C=O) groups excluding carboxylic acids is 2. The Morgan fingerprint density at radius 2 is 1.92 bits per heavy atom. The predicted octanol–water partition coefficient (Wildman–Crippen LogP) is 3.31. The summed E-state index contributed by atoms with van der Waals surface area (Å²) in [7, 11) is 0. The second-order valence-electron chi connectivity index (χ2n) is 5.96. The van der Waals surface area contributed by atoms with E-state index in [1.807, 2.05) is 35.8 Å². The molecular weight excluding hydrogens is 346 g/mol. The zero-order chi connectivity index (χ0) is 18.2. The van der Waals surface area contributed by atoms with Crippen LogP contribution >= 0.6 is 11.3 Å². The molecule has 2 heterocycles. The van der Waals surface area contributed by atoms with E-state index in [-0.39, 0.29) is 24.5 Å². The van der Waals surface area contributed by atoms with Crippen molar-refractivity contribution in [1.29, 1.82) is 0 Å². The second-order valence-corrected chi connectivity index (χ2v) is 6.91. The molecule has 2 aromatic heterocycles. The molecule has 0 aliphatic heterocycles. The summed E-state index contributed by atoms with van der Waals surface area (Å²) in [5, 5.41) is 4.74. The maximum atomic E-state index is 11.9. The quantitative estimate of drug-likeness (QED) is 0.590. The number of imidazole rings is 1. The van der Waals surface area contributed by atoms with Crippen molar-refractivity contribution in [2.75, 3.05) is 6.54 Å². The van der Waals surface area contributed by atoms with Gasteiger partial charge in [-0.2, -0.15) is 0 Å². The molecule has 1 N–H and O–H groups in total. The van der Waals surface area contributed by atoms with Gasteiger partial charge >= 0.3 is 0 Å². The molecule has 0 unspecified atom stereocenters. The van der Waals surface area contributed by atoms with Crippen molar-refractivity contribution in [2.24, 2.45) is 0 Å². The first kappa shape index (κ1) is 18.1. The molecule has 3 rings (SSSR count). The number of ketones is 1. The topological polar surface area (TPSA) is 64.0 Å². The van der Waals surface area contributed by atoms with E-state index in [9.17, 15) is 9.59 Å². The number of benzene rings is 1. The zero-order valence-corrected chi connectivity index (χ0v) is 15.2. The number of amides is 1. The van der Waals surface area contributed by atoms with Gasteiger partial charge in [0.05, 0.1) is 4.88 Å². The summed E-state index contributed by atoms with van der Waals surface area (Å²) < 4.78 is 2.09. The highest BCUT2D eigenvalue weighted by molar-refractivity contribution is 7.12. The molecule has 0 fully saturated rings. The Kier molecular flexibility index (Phi) is 6.33. The van der Waals surface area contributed by atoms with Crippen LogP contribution in [-0.2, 0) is 17.8 Å². The number of aromatic nitrogens is 2. The Balaban J connectivity index is 1.41. The lowest BCUT2D eigenvalue weighted by molar-refractivity contribution is -0.121. The molecule has 1 aromatic carbocycles. The highest BCUT2D eigenvalue weighted by Gasteiger charge is 2.10. The molecule has 0 saturated heterocycles. The van der Waals surface area contributed by atoms with E-state index in [2.05, 4.69) is 27.0 Å². The van der Waals surface area contributed by atoms with Crippen molar-refractivity contribution in [3.05, 3.63) is 76.5 Å². The molecule has 0 radical (unpaired) electrons. The van der Waals surface area contributed by atoms with Crippen LogP contribution in [0.15, 0.2) is 60.2 Å². The van der Waals surface area contributed by atoms with Crippen LogP contribution in [0.4, 0.5) is 0 Å². The summed E-state index contributed by atoms with van der Waals surface area (Å²) in [6, 6.07) is 13.8. The van der Waals surface area contributed by atoms with Gasteiger partial charge in [-0.25, -0.2) is 4.98 Å². The van der Waals surface area contributed by atoms with Crippen LogP contribution in [-0.4, -0.2) is 27.8 Å². The molecule has 3 aromatic rings. The summed E-state index contributed by atoms with van der Waals surface area (Å²) in [5.74, 6) is 0.855. The molecule has 0 saturated carbocycles. The normalized spacial score (nSPS) is 10.6. The Hall–Kier alpha value is -2.73. The van der Waals surface area contributed by atoms with Gasteiger partial charge in [0.2, 0.25) is 5.91 Å². The van der Waals surface area contributed by atoms with Gasteiger partial charge in [-0.1, -0.05) is 36.4 Å². The maximum Gasteiger partial charge on any atom is 0.220 e.